The van der Waals surface area contributed by atoms with E-state index in [0.29, 0.717) is 5.92 Å². The van der Waals surface area contributed by atoms with Crippen LogP contribution in [-0.4, -0.2) is 13.4 Å². The van der Waals surface area contributed by atoms with E-state index in [1.807, 2.05) is 38.1 Å². The zero-order chi connectivity index (χ0) is 27.5. The molecule has 200 valence electrons. The maximum absolute atomic E-state index is 12.8. The summed E-state index contributed by atoms with van der Waals surface area (Å²) < 4.78 is 17.9. The molecule has 0 aliphatic rings. The molecule has 2 nitrogen and oxygen atoms in total. The number of hydrogen-bond donors (Lipinski definition) is 0. The minimum absolute atomic E-state index is 0.181. The highest BCUT2D eigenvalue weighted by atomic mass is 19.1. The molecule has 2 rings (SSSR count). The quantitative estimate of drug-likeness (QED) is 0.228. The van der Waals surface area contributed by atoms with Crippen LogP contribution < -0.4 is 4.74 Å². The third-order valence-corrected chi connectivity index (χ3v) is 6.28. The summed E-state index contributed by atoms with van der Waals surface area (Å²) in [5.41, 5.74) is 6.95. The van der Waals surface area contributed by atoms with Crippen molar-refractivity contribution in [1.29, 1.82) is 0 Å². The number of carbonyl (C=O) groups excluding carboxylic acids is 1. The number of ether oxygens (including phenoxy) is 1. The average molecular weight is 497 g/mol. The van der Waals surface area contributed by atoms with Gasteiger partial charge in [-0.25, -0.2) is 4.39 Å². The van der Waals surface area contributed by atoms with Crippen LogP contribution in [0.15, 0.2) is 60.2 Å². The highest BCUT2D eigenvalue weighted by molar-refractivity contribution is 5.74. The lowest BCUT2D eigenvalue weighted by atomic mass is 9.87. The van der Waals surface area contributed by atoms with E-state index in [1.165, 1.54) is 48.9 Å². The van der Waals surface area contributed by atoms with Gasteiger partial charge in [0.2, 0.25) is 0 Å². The Balaban J connectivity index is 0.000000536. The molecule has 0 unspecified atom stereocenters. The lowest BCUT2D eigenvalue weighted by Crippen LogP contribution is -2.02. The average Bonchev–Trinajstić information content (AvgIpc) is 2.86. The monoisotopic (exact) mass is 496 g/mol. The SMILES string of the molecule is C=C(c1ccc(F)cc1)C(CCC)CCC.CCCCC(C=O)=C(C)C.COc1ccc(C)c(C)c1. The molecule has 0 spiro atoms. The van der Waals surface area contributed by atoms with E-state index in [9.17, 15) is 9.18 Å². The third-order valence-electron chi connectivity index (χ3n) is 6.28. The van der Waals surface area contributed by atoms with Gasteiger partial charge in [-0.15, -0.1) is 0 Å². The third kappa shape index (κ3) is 13.4. The van der Waals surface area contributed by atoms with Gasteiger partial charge in [0, 0.05) is 0 Å². The summed E-state index contributed by atoms with van der Waals surface area (Å²) in [7, 11) is 1.68. The molecular weight excluding hydrogens is 447 g/mol. The summed E-state index contributed by atoms with van der Waals surface area (Å²) >= 11 is 0. The summed E-state index contributed by atoms with van der Waals surface area (Å²) in [5.74, 6) is 1.29. The standard InChI is InChI=1S/C15H21F.C9H12O.C9H16O/c1-4-6-13(7-5-2)12(3)14-8-10-15(16)11-9-14;1-7-4-5-9(10-3)6-8(7)2;1-4-5-6-9(7-10)8(2)3/h8-11,13H,3-7H2,1-2H3;4-6H,1-3H3;7H,4-6H2,1-3H3. The fourth-order valence-corrected chi connectivity index (χ4v) is 3.72. The molecule has 0 amide bonds. The lowest BCUT2D eigenvalue weighted by Gasteiger charge is -2.18. The number of rotatable bonds is 11. The molecule has 3 heteroatoms. The minimum Gasteiger partial charge on any atom is -0.497 e. The van der Waals surface area contributed by atoms with Gasteiger partial charge in [-0.2, -0.15) is 0 Å². The van der Waals surface area contributed by atoms with Gasteiger partial charge < -0.3 is 4.74 Å². The number of aryl methyl sites for hydroxylation is 2. The highest BCUT2D eigenvalue weighted by Gasteiger charge is 2.12. The first kappa shape index (κ1) is 33.3. The molecule has 0 aliphatic heterocycles. The molecule has 0 atom stereocenters. The second-order valence-corrected chi connectivity index (χ2v) is 9.50. The van der Waals surface area contributed by atoms with Crippen LogP contribution in [0.25, 0.3) is 5.57 Å². The second kappa shape index (κ2) is 19.5. The van der Waals surface area contributed by atoms with Gasteiger partial charge in [-0.1, -0.05) is 70.4 Å². The number of unbranched alkanes of at least 4 members (excludes halogenated alkanes) is 1. The van der Waals surface area contributed by atoms with Crippen molar-refractivity contribution >= 4 is 11.9 Å². The molecular formula is C33H49FO2. The number of halogens is 1. The van der Waals surface area contributed by atoms with Crippen molar-refractivity contribution in [3.8, 4) is 5.75 Å². The van der Waals surface area contributed by atoms with E-state index < -0.39 is 0 Å². The molecule has 0 aliphatic carbocycles. The smallest absolute Gasteiger partial charge is 0.145 e. The topological polar surface area (TPSA) is 26.3 Å². The van der Waals surface area contributed by atoms with Crippen LogP contribution in [0.2, 0.25) is 0 Å². The second-order valence-electron chi connectivity index (χ2n) is 9.50. The van der Waals surface area contributed by atoms with Gasteiger partial charge in [-0.3, -0.25) is 4.79 Å². The van der Waals surface area contributed by atoms with E-state index in [-0.39, 0.29) is 5.82 Å². The van der Waals surface area contributed by atoms with Crippen LogP contribution in [0.1, 0.15) is 96.3 Å². The molecule has 0 bridgehead atoms. The van der Waals surface area contributed by atoms with Crippen LogP contribution in [-0.2, 0) is 4.79 Å². The molecule has 2 aromatic rings. The molecule has 0 N–H and O–H groups in total. The van der Waals surface area contributed by atoms with Crippen LogP contribution in [0.3, 0.4) is 0 Å². The summed E-state index contributed by atoms with van der Waals surface area (Å²) in [4.78, 5) is 10.4. The first-order chi connectivity index (χ1) is 17.1. The molecule has 36 heavy (non-hydrogen) atoms. The maximum atomic E-state index is 12.8. The molecule has 0 fully saturated rings. The van der Waals surface area contributed by atoms with Crippen molar-refractivity contribution in [1.82, 2.24) is 0 Å². The van der Waals surface area contributed by atoms with Crippen LogP contribution >= 0.6 is 0 Å². The fraction of sp³-hybridized carbons (Fsp3) is 0.485. The van der Waals surface area contributed by atoms with Gasteiger partial charge in [0.05, 0.1) is 7.11 Å². The molecule has 0 radical (unpaired) electrons. The summed E-state index contributed by atoms with van der Waals surface area (Å²) in [5, 5.41) is 0. The van der Waals surface area contributed by atoms with Gasteiger partial charge in [0.15, 0.2) is 0 Å². The van der Waals surface area contributed by atoms with Crippen molar-refractivity contribution in [2.45, 2.75) is 93.4 Å². The largest absolute Gasteiger partial charge is 0.497 e. The Bertz CT molecular complexity index is 915. The number of methoxy groups -OCH3 is 1. The first-order valence-electron chi connectivity index (χ1n) is 13.3. The van der Waals surface area contributed by atoms with E-state index in [2.05, 4.69) is 47.3 Å². The predicted octanol–water partition coefficient (Wildman–Crippen LogP) is 10.1. The zero-order valence-corrected chi connectivity index (χ0v) is 24.0. The molecule has 0 saturated heterocycles. The number of carbonyl (C=O) groups is 1. The normalized spacial score (nSPS) is 9.94. The Morgan fingerprint density at radius 3 is 1.94 bits per heavy atom. The Morgan fingerprint density at radius 2 is 1.53 bits per heavy atom. The number of benzene rings is 2. The van der Waals surface area contributed by atoms with Crippen molar-refractivity contribution in [3.63, 3.8) is 0 Å². The molecule has 0 heterocycles. The van der Waals surface area contributed by atoms with Gasteiger partial charge in [0.25, 0.3) is 0 Å². The molecule has 2 aromatic carbocycles. The lowest BCUT2D eigenvalue weighted by molar-refractivity contribution is -0.105. The van der Waals surface area contributed by atoms with Crippen molar-refractivity contribution < 1.29 is 13.9 Å². The fourth-order valence-electron chi connectivity index (χ4n) is 3.72. The number of aldehydes is 1. The van der Waals surface area contributed by atoms with E-state index >= 15 is 0 Å². The van der Waals surface area contributed by atoms with Crippen molar-refractivity contribution in [2.24, 2.45) is 5.92 Å². The van der Waals surface area contributed by atoms with E-state index in [1.54, 1.807) is 7.11 Å². The van der Waals surface area contributed by atoms with Gasteiger partial charge in [0.1, 0.15) is 17.9 Å². The van der Waals surface area contributed by atoms with E-state index in [4.69, 9.17) is 4.74 Å². The zero-order valence-electron chi connectivity index (χ0n) is 24.0. The Labute approximate surface area is 220 Å². The summed E-state index contributed by atoms with van der Waals surface area (Å²) in [6.45, 7) is 18.8. The van der Waals surface area contributed by atoms with Crippen LogP contribution in [0.5, 0.6) is 5.75 Å². The maximum Gasteiger partial charge on any atom is 0.145 e. The predicted molar refractivity (Wildman–Crippen MR) is 155 cm³/mol. The highest BCUT2D eigenvalue weighted by Crippen LogP contribution is 2.29. The van der Waals surface area contributed by atoms with Crippen LogP contribution in [0, 0.1) is 25.6 Å². The van der Waals surface area contributed by atoms with Gasteiger partial charge in [-0.05, 0) is 111 Å². The van der Waals surface area contributed by atoms with E-state index in [0.717, 1.165) is 53.6 Å². The summed E-state index contributed by atoms with van der Waals surface area (Å²) in [6.07, 6.45) is 8.89. The molecule has 0 aromatic heterocycles. The Morgan fingerprint density at radius 1 is 0.944 bits per heavy atom. The number of hydrogen-bond acceptors (Lipinski definition) is 2. The van der Waals surface area contributed by atoms with Crippen molar-refractivity contribution in [2.75, 3.05) is 7.11 Å². The molecule has 0 saturated carbocycles. The first-order valence-corrected chi connectivity index (χ1v) is 13.3. The Kier molecular flexibility index (Phi) is 18.0. The van der Waals surface area contributed by atoms with Crippen molar-refractivity contribution in [3.05, 3.63) is 82.7 Å². The summed E-state index contributed by atoms with van der Waals surface area (Å²) in [6, 6.07) is 12.8. The Hall–Kier alpha value is -2.68. The van der Waals surface area contributed by atoms with Crippen LogP contribution in [0.4, 0.5) is 4.39 Å². The minimum atomic E-state index is -0.181. The number of allylic oxidation sites excluding steroid dienone is 3. The van der Waals surface area contributed by atoms with Gasteiger partial charge >= 0.3 is 0 Å².